The molecule has 1 amide bonds. The number of alkyl carbamates (subject to hydrolysis) is 1. The minimum atomic E-state index is -3.91. The fraction of sp³-hybridized carbons (Fsp3) is 0.556. The maximum absolute atomic E-state index is 12.4. The van der Waals surface area contributed by atoms with Crippen LogP contribution in [0.25, 0.3) is 0 Å². The zero-order valence-electron chi connectivity index (χ0n) is 16.1. The van der Waals surface area contributed by atoms with Crippen LogP contribution in [-0.2, 0) is 29.7 Å². The summed E-state index contributed by atoms with van der Waals surface area (Å²) in [7, 11) is 1.46. The quantitative estimate of drug-likeness (QED) is 0.538. The van der Waals surface area contributed by atoms with E-state index in [0.717, 1.165) is 0 Å². The molecule has 0 heterocycles. The largest absolute Gasteiger partial charge is 0.464 e. The van der Waals surface area contributed by atoms with Crippen LogP contribution < -0.4 is 5.32 Å². The standard InChI is InChI=1S/C18H26ClNO6S/c1-12(2)11-25-16(21)15(20-17(22)26-18(3,4)5)10-13-7-6-8-14(9-13)27(19,23)24/h6-9,12,15H,10-11H2,1-5H3,(H,20,22)/t15-/m0/s1. The van der Waals surface area contributed by atoms with Gasteiger partial charge in [0.05, 0.1) is 11.5 Å². The third-order valence-corrected chi connectivity index (χ3v) is 4.51. The van der Waals surface area contributed by atoms with E-state index in [2.05, 4.69) is 5.32 Å². The Balaban J connectivity index is 3.00. The third kappa shape index (κ3) is 9.10. The Bertz CT molecular complexity index is 770. The number of amides is 1. The summed E-state index contributed by atoms with van der Waals surface area (Å²) in [6.07, 6.45) is -0.744. The molecule has 0 saturated carbocycles. The second-order valence-corrected chi connectivity index (χ2v) is 10.1. The van der Waals surface area contributed by atoms with Gasteiger partial charge in [0.1, 0.15) is 11.6 Å². The summed E-state index contributed by atoms with van der Waals surface area (Å²) in [6, 6.07) is 4.80. The first-order valence-electron chi connectivity index (χ1n) is 8.47. The molecule has 0 unspecified atom stereocenters. The lowest BCUT2D eigenvalue weighted by molar-refractivity contribution is -0.147. The van der Waals surface area contributed by atoms with Crippen molar-refractivity contribution in [2.75, 3.05) is 6.61 Å². The number of carbonyl (C=O) groups is 2. The Kier molecular flexibility index (Phi) is 8.10. The molecule has 0 spiro atoms. The lowest BCUT2D eigenvalue weighted by Crippen LogP contribution is -2.45. The highest BCUT2D eigenvalue weighted by molar-refractivity contribution is 8.13. The van der Waals surface area contributed by atoms with E-state index in [9.17, 15) is 18.0 Å². The van der Waals surface area contributed by atoms with Crippen molar-refractivity contribution in [3.05, 3.63) is 29.8 Å². The molecule has 7 nitrogen and oxygen atoms in total. The molecule has 1 atom stereocenters. The van der Waals surface area contributed by atoms with Crippen LogP contribution in [0, 0.1) is 5.92 Å². The average molecular weight is 420 g/mol. The van der Waals surface area contributed by atoms with Crippen molar-refractivity contribution in [1.29, 1.82) is 0 Å². The van der Waals surface area contributed by atoms with Gasteiger partial charge >= 0.3 is 12.1 Å². The van der Waals surface area contributed by atoms with Crippen LogP contribution >= 0.6 is 10.7 Å². The molecule has 9 heteroatoms. The van der Waals surface area contributed by atoms with Gasteiger partial charge in [0, 0.05) is 17.1 Å². The van der Waals surface area contributed by atoms with Crippen LogP contribution in [0.15, 0.2) is 29.2 Å². The zero-order valence-corrected chi connectivity index (χ0v) is 17.7. The summed E-state index contributed by atoms with van der Waals surface area (Å²) in [5.74, 6) is -0.505. The average Bonchev–Trinajstić information content (AvgIpc) is 2.49. The highest BCUT2D eigenvalue weighted by Gasteiger charge is 2.26. The minimum absolute atomic E-state index is 0.0242. The topological polar surface area (TPSA) is 98.8 Å². The predicted molar refractivity (Wildman–Crippen MR) is 102 cm³/mol. The summed E-state index contributed by atoms with van der Waals surface area (Å²) in [6.45, 7) is 9.08. The monoisotopic (exact) mass is 419 g/mol. The molecule has 1 aromatic rings. The number of ether oxygens (including phenoxy) is 2. The molecule has 1 N–H and O–H groups in total. The van der Waals surface area contributed by atoms with Gasteiger partial charge in [-0.2, -0.15) is 0 Å². The van der Waals surface area contributed by atoms with Gasteiger partial charge < -0.3 is 14.8 Å². The van der Waals surface area contributed by atoms with Gasteiger partial charge in [-0.05, 0) is 44.4 Å². The van der Waals surface area contributed by atoms with E-state index in [1.165, 1.54) is 18.2 Å². The fourth-order valence-electron chi connectivity index (χ4n) is 2.05. The first-order chi connectivity index (χ1) is 12.3. The van der Waals surface area contributed by atoms with E-state index in [1.807, 2.05) is 13.8 Å². The number of halogens is 1. The lowest BCUT2D eigenvalue weighted by atomic mass is 10.1. The molecule has 0 aliphatic rings. The summed E-state index contributed by atoms with van der Waals surface area (Å²) in [4.78, 5) is 24.4. The molecule has 0 aromatic heterocycles. The molecular weight excluding hydrogens is 394 g/mol. The van der Waals surface area contributed by atoms with Gasteiger partial charge in [-0.15, -0.1) is 0 Å². The normalized spacial score (nSPS) is 13.1. The second kappa shape index (κ2) is 9.41. The molecule has 1 rings (SSSR count). The van der Waals surface area contributed by atoms with Crippen LogP contribution in [-0.4, -0.2) is 38.7 Å². The van der Waals surface area contributed by atoms with E-state index in [0.29, 0.717) is 5.56 Å². The first kappa shape index (κ1) is 23.2. The SMILES string of the molecule is CC(C)COC(=O)[C@H](Cc1cccc(S(=O)(=O)Cl)c1)NC(=O)OC(C)(C)C. The van der Waals surface area contributed by atoms with E-state index in [-0.39, 0.29) is 23.8 Å². The molecular formula is C18H26ClNO6S. The van der Waals surface area contributed by atoms with Gasteiger partial charge in [-0.25, -0.2) is 18.0 Å². The van der Waals surface area contributed by atoms with Gasteiger partial charge in [-0.3, -0.25) is 0 Å². The van der Waals surface area contributed by atoms with Crippen molar-refractivity contribution in [2.45, 2.75) is 57.6 Å². The van der Waals surface area contributed by atoms with Crippen LogP contribution in [0.3, 0.4) is 0 Å². The fourth-order valence-corrected chi connectivity index (χ4v) is 2.87. The number of nitrogens with one attached hydrogen (secondary N) is 1. The van der Waals surface area contributed by atoms with Crippen LogP contribution in [0.5, 0.6) is 0 Å². The summed E-state index contributed by atoms with van der Waals surface area (Å²) >= 11 is 0. The Morgan fingerprint density at radius 3 is 2.37 bits per heavy atom. The Labute approximate surface area is 164 Å². The molecule has 1 aromatic carbocycles. The first-order valence-corrected chi connectivity index (χ1v) is 10.8. The molecule has 0 bridgehead atoms. The van der Waals surface area contributed by atoms with E-state index >= 15 is 0 Å². The highest BCUT2D eigenvalue weighted by Crippen LogP contribution is 2.18. The van der Waals surface area contributed by atoms with Crippen LogP contribution in [0.2, 0.25) is 0 Å². The highest BCUT2D eigenvalue weighted by atomic mass is 35.7. The Morgan fingerprint density at radius 2 is 1.85 bits per heavy atom. The number of carbonyl (C=O) groups excluding carboxylic acids is 2. The molecule has 0 saturated heterocycles. The lowest BCUT2D eigenvalue weighted by Gasteiger charge is -2.23. The number of rotatable bonds is 7. The minimum Gasteiger partial charge on any atom is -0.464 e. The molecule has 0 radical (unpaired) electrons. The van der Waals surface area contributed by atoms with Gasteiger partial charge in [0.25, 0.3) is 9.05 Å². The molecule has 152 valence electrons. The van der Waals surface area contributed by atoms with Gasteiger partial charge in [0.2, 0.25) is 0 Å². The van der Waals surface area contributed by atoms with Crippen molar-refractivity contribution < 1.29 is 27.5 Å². The molecule has 27 heavy (non-hydrogen) atoms. The zero-order chi connectivity index (χ0) is 20.8. The summed E-state index contributed by atoms with van der Waals surface area (Å²) in [5.41, 5.74) is -0.234. The summed E-state index contributed by atoms with van der Waals surface area (Å²) in [5, 5.41) is 2.49. The summed E-state index contributed by atoms with van der Waals surface area (Å²) < 4.78 is 33.4. The maximum Gasteiger partial charge on any atom is 0.408 e. The second-order valence-electron chi connectivity index (χ2n) is 7.51. The molecule has 0 fully saturated rings. The van der Waals surface area contributed by atoms with Gasteiger partial charge in [-0.1, -0.05) is 26.0 Å². The Morgan fingerprint density at radius 1 is 1.22 bits per heavy atom. The third-order valence-electron chi connectivity index (χ3n) is 3.15. The van der Waals surface area contributed by atoms with Crippen molar-refractivity contribution in [3.63, 3.8) is 0 Å². The number of benzene rings is 1. The van der Waals surface area contributed by atoms with Crippen molar-refractivity contribution in [1.82, 2.24) is 5.32 Å². The van der Waals surface area contributed by atoms with Gasteiger partial charge in [0.15, 0.2) is 0 Å². The van der Waals surface area contributed by atoms with Crippen LogP contribution in [0.4, 0.5) is 4.79 Å². The van der Waals surface area contributed by atoms with E-state index < -0.39 is 32.8 Å². The Hall–Kier alpha value is -1.80. The smallest absolute Gasteiger partial charge is 0.408 e. The van der Waals surface area contributed by atoms with Crippen molar-refractivity contribution in [3.8, 4) is 0 Å². The molecule has 0 aliphatic carbocycles. The van der Waals surface area contributed by atoms with E-state index in [4.69, 9.17) is 20.2 Å². The van der Waals surface area contributed by atoms with E-state index in [1.54, 1.807) is 26.8 Å². The maximum atomic E-state index is 12.4. The van der Waals surface area contributed by atoms with Crippen molar-refractivity contribution in [2.24, 2.45) is 5.92 Å². The predicted octanol–water partition coefficient (Wildman–Crippen LogP) is 3.25. The number of hydrogen-bond acceptors (Lipinski definition) is 6. The number of esters is 1. The number of hydrogen-bond donors (Lipinski definition) is 1. The molecule has 0 aliphatic heterocycles. The van der Waals surface area contributed by atoms with Crippen molar-refractivity contribution >= 4 is 31.8 Å². The van der Waals surface area contributed by atoms with Crippen LogP contribution in [0.1, 0.15) is 40.2 Å².